The number of hydrogen-bond acceptors (Lipinski definition) is 10. The van der Waals surface area contributed by atoms with Gasteiger partial charge in [0, 0.05) is 49.8 Å². The zero-order valence-corrected chi connectivity index (χ0v) is 25.6. The number of nitrogens with zero attached hydrogens (tertiary/aromatic N) is 2. The number of benzene rings is 2. The van der Waals surface area contributed by atoms with Gasteiger partial charge in [0.1, 0.15) is 22.8 Å². The number of phenols is 1. The summed E-state index contributed by atoms with van der Waals surface area (Å²) in [5.74, 6) is -7.11. The Bertz CT molecular complexity index is 1660. The van der Waals surface area contributed by atoms with Crippen molar-refractivity contribution in [3.05, 3.63) is 75.6 Å². The quantitative estimate of drug-likeness (QED) is 0.235. The summed E-state index contributed by atoms with van der Waals surface area (Å²) in [5.41, 5.74) is 4.01. The van der Waals surface area contributed by atoms with Gasteiger partial charge < -0.3 is 36.4 Å². The maximum Gasteiger partial charge on any atom is 0.255 e. The number of aliphatic hydroxyl groups is 3. The van der Waals surface area contributed by atoms with Gasteiger partial charge in [-0.15, -0.1) is 0 Å². The molecule has 1 fully saturated rings. The number of ketones is 2. The minimum Gasteiger partial charge on any atom is -0.508 e. The van der Waals surface area contributed by atoms with E-state index in [0.717, 1.165) is 5.56 Å². The van der Waals surface area contributed by atoms with Gasteiger partial charge in [0.25, 0.3) is 5.91 Å². The summed E-state index contributed by atoms with van der Waals surface area (Å²) in [6, 6.07) is 10.8. The van der Waals surface area contributed by atoms with Crippen LogP contribution in [0.4, 0.5) is 5.69 Å². The van der Waals surface area contributed by atoms with Gasteiger partial charge in [0.15, 0.2) is 11.4 Å². The SMILES string of the molecule is CN(C)c1cc(CNC(=O)C(Cc2ccccc2)N(C)C)c(O)c2c1C[C@H]1C[C@H]3CC(=O)C(C(N)=O)=C(O)[C@@]3(O)C(=O)C1=C2O. The van der Waals surface area contributed by atoms with Crippen molar-refractivity contribution in [3.63, 3.8) is 0 Å². The number of phenolic OH excluding ortho intramolecular Hbond substituents is 1. The van der Waals surface area contributed by atoms with Crippen LogP contribution in [0.3, 0.4) is 0 Å². The summed E-state index contributed by atoms with van der Waals surface area (Å²) in [7, 11) is 7.17. The number of amides is 2. The van der Waals surface area contributed by atoms with Gasteiger partial charge in [-0.2, -0.15) is 0 Å². The summed E-state index contributed by atoms with van der Waals surface area (Å²) in [5, 5.41) is 48.2. The Labute approximate surface area is 260 Å². The van der Waals surface area contributed by atoms with Crippen molar-refractivity contribution < 1.29 is 39.6 Å². The topological polar surface area (TPSA) is 194 Å². The lowest BCUT2D eigenvalue weighted by molar-refractivity contribution is -0.147. The maximum absolute atomic E-state index is 13.9. The molecule has 2 amide bonds. The monoisotopic (exact) mass is 618 g/mol. The van der Waals surface area contributed by atoms with E-state index < -0.39 is 58.0 Å². The Morgan fingerprint density at radius 2 is 1.73 bits per heavy atom. The molecular weight excluding hydrogens is 580 g/mol. The van der Waals surface area contributed by atoms with Crippen LogP contribution in [0.5, 0.6) is 5.75 Å². The largest absolute Gasteiger partial charge is 0.508 e. The van der Waals surface area contributed by atoms with Crippen molar-refractivity contribution >= 4 is 34.8 Å². The second-order valence-corrected chi connectivity index (χ2v) is 12.4. The van der Waals surface area contributed by atoms with E-state index in [9.17, 15) is 39.6 Å². The van der Waals surface area contributed by atoms with Crippen LogP contribution in [0, 0.1) is 11.8 Å². The third kappa shape index (κ3) is 5.23. The number of likely N-dealkylation sites (N-methyl/N-ethyl adjacent to an activating group) is 1. The summed E-state index contributed by atoms with van der Waals surface area (Å²) in [6.07, 6.45) is 0.303. The van der Waals surface area contributed by atoms with E-state index in [1.807, 2.05) is 30.3 Å². The van der Waals surface area contributed by atoms with E-state index in [-0.39, 0.29) is 54.2 Å². The average Bonchev–Trinajstić information content (AvgIpc) is 2.97. The summed E-state index contributed by atoms with van der Waals surface area (Å²) < 4.78 is 0. The summed E-state index contributed by atoms with van der Waals surface area (Å²) >= 11 is 0. The third-order valence-electron chi connectivity index (χ3n) is 9.25. The van der Waals surface area contributed by atoms with Crippen LogP contribution in [-0.4, -0.2) is 88.5 Å². The van der Waals surface area contributed by atoms with E-state index in [0.29, 0.717) is 17.7 Å². The molecular formula is C33H38N4O8. The number of Topliss-reactive ketones (excluding diaryl/α,β-unsaturated/α-hetero) is 2. The molecule has 12 heteroatoms. The zero-order chi connectivity index (χ0) is 33.0. The lowest BCUT2D eigenvalue weighted by atomic mass is 9.59. The number of rotatable bonds is 8. The van der Waals surface area contributed by atoms with Gasteiger partial charge in [-0.1, -0.05) is 30.3 Å². The Balaban J connectivity index is 1.53. The first-order valence-corrected chi connectivity index (χ1v) is 14.7. The van der Waals surface area contributed by atoms with Crippen LogP contribution in [0.25, 0.3) is 5.76 Å². The van der Waals surface area contributed by atoms with Crippen LogP contribution >= 0.6 is 0 Å². The molecule has 3 aliphatic carbocycles. The van der Waals surface area contributed by atoms with Gasteiger partial charge in [-0.05, 0) is 56.5 Å². The second-order valence-electron chi connectivity index (χ2n) is 12.4. The number of nitrogens with one attached hydrogen (secondary N) is 1. The van der Waals surface area contributed by atoms with E-state index in [1.54, 1.807) is 44.1 Å². The smallest absolute Gasteiger partial charge is 0.255 e. The van der Waals surface area contributed by atoms with Crippen molar-refractivity contribution in [1.29, 1.82) is 0 Å². The zero-order valence-electron chi connectivity index (χ0n) is 25.6. The van der Waals surface area contributed by atoms with Crippen molar-refractivity contribution in [2.45, 2.75) is 43.9 Å². The molecule has 4 atom stereocenters. The molecule has 1 saturated carbocycles. The standard InChI is InChI=1S/C33H38N4O8/c1-36(2)21-13-18(15-35-32(44)22(37(3)4)10-16-8-6-5-7-9-16)27(39)25-20(21)12-17-11-19-14-23(38)26(31(34)43)30(42)33(19,45)29(41)24(17)28(25)40/h5-9,13,17,19,22,39-40,42,45H,10-12,14-15H2,1-4H3,(H2,34,43)(H,35,44)/t17-,19+,22?,33+/m1/s1. The minimum atomic E-state index is -2.64. The molecule has 0 spiro atoms. The summed E-state index contributed by atoms with van der Waals surface area (Å²) in [4.78, 5) is 55.3. The number of primary amides is 1. The number of anilines is 1. The predicted octanol–water partition coefficient (Wildman–Crippen LogP) is 1.28. The van der Waals surface area contributed by atoms with Crippen molar-refractivity contribution in [3.8, 4) is 5.75 Å². The van der Waals surface area contributed by atoms with Gasteiger partial charge in [-0.3, -0.25) is 24.1 Å². The Kier molecular flexibility index (Phi) is 8.23. The van der Waals surface area contributed by atoms with Crippen LogP contribution in [0.1, 0.15) is 35.1 Å². The Morgan fingerprint density at radius 1 is 1.07 bits per heavy atom. The molecule has 0 heterocycles. The van der Waals surface area contributed by atoms with Crippen molar-refractivity contribution in [1.82, 2.24) is 10.2 Å². The van der Waals surface area contributed by atoms with E-state index >= 15 is 0 Å². The van der Waals surface area contributed by atoms with Crippen LogP contribution in [0.2, 0.25) is 0 Å². The fourth-order valence-corrected chi connectivity index (χ4v) is 6.90. The Morgan fingerprint density at radius 3 is 2.33 bits per heavy atom. The molecule has 2 aromatic carbocycles. The normalized spacial score (nSPS) is 23.3. The molecule has 2 aromatic rings. The highest BCUT2D eigenvalue weighted by atomic mass is 16.3. The lowest BCUT2D eigenvalue weighted by Crippen LogP contribution is -2.58. The van der Waals surface area contributed by atoms with Gasteiger partial charge in [-0.25, -0.2) is 0 Å². The molecule has 0 saturated heterocycles. The predicted molar refractivity (Wildman–Crippen MR) is 165 cm³/mol. The van der Waals surface area contributed by atoms with Crippen LogP contribution in [0.15, 0.2) is 53.3 Å². The fourth-order valence-electron chi connectivity index (χ4n) is 6.90. The van der Waals surface area contributed by atoms with Gasteiger partial charge in [0.2, 0.25) is 11.7 Å². The third-order valence-corrected chi connectivity index (χ3v) is 9.25. The molecule has 0 aliphatic heterocycles. The number of nitrogens with two attached hydrogens (primary N) is 1. The first kappa shape index (κ1) is 31.7. The number of aliphatic hydroxyl groups excluding tert-OH is 2. The lowest BCUT2D eigenvalue weighted by Gasteiger charge is -2.46. The van der Waals surface area contributed by atoms with Crippen LogP contribution < -0.4 is 16.0 Å². The maximum atomic E-state index is 13.9. The number of aromatic hydroxyl groups is 1. The number of fused-ring (bicyclic) bond motifs is 3. The van der Waals surface area contributed by atoms with E-state index in [2.05, 4.69) is 5.32 Å². The highest BCUT2D eigenvalue weighted by Crippen LogP contribution is 2.53. The molecule has 0 radical (unpaired) electrons. The number of carbonyl (C=O) groups excluding carboxylic acids is 4. The van der Waals surface area contributed by atoms with Gasteiger partial charge >= 0.3 is 0 Å². The molecule has 1 unspecified atom stereocenters. The second kappa shape index (κ2) is 11.7. The molecule has 12 nitrogen and oxygen atoms in total. The molecule has 7 N–H and O–H groups in total. The molecule has 45 heavy (non-hydrogen) atoms. The molecule has 5 rings (SSSR count). The average molecular weight is 619 g/mol. The first-order chi connectivity index (χ1) is 21.2. The number of hydrogen-bond donors (Lipinski definition) is 6. The first-order valence-electron chi connectivity index (χ1n) is 14.7. The van der Waals surface area contributed by atoms with E-state index in [4.69, 9.17) is 5.73 Å². The number of carbonyl (C=O) groups is 4. The highest BCUT2D eigenvalue weighted by molar-refractivity contribution is 6.22. The summed E-state index contributed by atoms with van der Waals surface area (Å²) in [6.45, 7) is -0.0858. The van der Waals surface area contributed by atoms with Crippen LogP contribution in [-0.2, 0) is 38.6 Å². The molecule has 0 bridgehead atoms. The fraction of sp³-hybridized carbons (Fsp3) is 0.394. The molecule has 3 aliphatic rings. The van der Waals surface area contributed by atoms with Crippen molar-refractivity contribution in [2.75, 3.05) is 33.1 Å². The Hall–Kier alpha value is -4.68. The molecule has 238 valence electrons. The highest BCUT2D eigenvalue weighted by Gasteiger charge is 2.60. The van der Waals surface area contributed by atoms with E-state index in [1.165, 1.54) is 0 Å². The molecule has 0 aromatic heterocycles. The van der Waals surface area contributed by atoms with Gasteiger partial charge in [0.05, 0.1) is 11.6 Å². The minimum absolute atomic E-state index is 0.0222. The van der Waals surface area contributed by atoms with Crippen molar-refractivity contribution in [2.24, 2.45) is 17.6 Å².